The van der Waals surface area contributed by atoms with Gasteiger partial charge in [-0.05, 0) is 11.6 Å². The quantitative estimate of drug-likeness (QED) is 0.698. The number of methoxy groups -OCH3 is 1. The Morgan fingerprint density at radius 2 is 2.25 bits per heavy atom. The Morgan fingerprint density at radius 1 is 1.50 bits per heavy atom. The van der Waals surface area contributed by atoms with Crippen molar-refractivity contribution in [3.8, 4) is 0 Å². The molecule has 4 heteroatoms. The molecule has 0 aromatic heterocycles. The van der Waals surface area contributed by atoms with Crippen LogP contribution in [0.15, 0.2) is 18.2 Å². The fourth-order valence-corrected chi connectivity index (χ4v) is 2.03. The average molecular weight is 219 g/mol. The number of hydrogen-bond acceptors (Lipinski definition) is 3. The zero-order valence-electron chi connectivity index (χ0n) is 9.27. The molecule has 0 N–H and O–H groups in total. The van der Waals surface area contributed by atoms with E-state index in [9.17, 15) is 9.59 Å². The van der Waals surface area contributed by atoms with Crippen molar-refractivity contribution in [2.45, 2.75) is 12.5 Å². The van der Waals surface area contributed by atoms with Crippen molar-refractivity contribution in [2.24, 2.45) is 0 Å². The van der Waals surface area contributed by atoms with Crippen LogP contribution >= 0.6 is 0 Å². The molecule has 0 saturated carbocycles. The molecule has 1 aliphatic rings. The van der Waals surface area contributed by atoms with Crippen molar-refractivity contribution in [3.05, 3.63) is 29.3 Å². The average Bonchev–Trinajstić information content (AvgIpc) is 2.33. The van der Waals surface area contributed by atoms with E-state index in [1.165, 1.54) is 7.11 Å². The van der Waals surface area contributed by atoms with Crippen LogP contribution in [-0.2, 0) is 16.0 Å². The van der Waals surface area contributed by atoms with Crippen LogP contribution in [0.25, 0.3) is 0 Å². The summed E-state index contributed by atoms with van der Waals surface area (Å²) in [5, 5.41) is 0. The minimum absolute atomic E-state index is 0.0713. The lowest BCUT2D eigenvalue weighted by atomic mass is 9.95. The molecular formula is C12H13NO3. The highest BCUT2D eigenvalue weighted by atomic mass is 16.5. The molecule has 1 unspecified atom stereocenters. The van der Waals surface area contributed by atoms with Gasteiger partial charge in [0, 0.05) is 31.8 Å². The zero-order chi connectivity index (χ0) is 11.7. The highest BCUT2D eigenvalue weighted by molar-refractivity contribution is 6.00. The van der Waals surface area contributed by atoms with Gasteiger partial charge in [0.1, 0.15) is 12.4 Å². The van der Waals surface area contributed by atoms with Gasteiger partial charge >= 0.3 is 0 Å². The normalized spacial score (nSPS) is 19.5. The number of carbonyl (C=O) groups excluding carboxylic acids is 2. The number of rotatable bonds is 2. The van der Waals surface area contributed by atoms with Crippen molar-refractivity contribution in [1.29, 1.82) is 0 Å². The highest BCUT2D eigenvalue weighted by Gasteiger charge is 2.31. The molecule has 1 aromatic rings. The summed E-state index contributed by atoms with van der Waals surface area (Å²) in [6, 6.07) is 5.37. The molecule has 1 amide bonds. The molecule has 4 nitrogen and oxygen atoms in total. The summed E-state index contributed by atoms with van der Waals surface area (Å²) >= 11 is 0. The van der Waals surface area contributed by atoms with E-state index in [2.05, 4.69) is 0 Å². The predicted octanol–water partition coefficient (Wildman–Crippen LogP) is 1.03. The van der Waals surface area contributed by atoms with Gasteiger partial charge in [0.2, 0.25) is 0 Å². The van der Waals surface area contributed by atoms with Crippen molar-refractivity contribution in [3.63, 3.8) is 0 Å². The number of benzene rings is 1. The zero-order valence-corrected chi connectivity index (χ0v) is 9.27. The summed E-state index contributed by atoms with van der Waals surface area (Å²) in [7, 11) is 3.20. The predicted molar refractivity (Wildman–Crippen MR) is 59.7 cm³/mol. The maximum atomic E-state index is 11.8. The van der Waals surface area contributed by atoms with Crippen molar-refractivity contribution in [1.82, 2.24) is 0 Å². The Kier molecular flexibility index (Phi) is 2.75. The topological polar surface area (TPSA) is 46.6 Å². The van der Waals surface area contributed by atoms with Crippen LogP contribution in [0.3, 0.4) is 0 Å². The van der Waals surface area contributed by atoms with Crippen LogP contribution in [0.4, 0.5) is 5.69 Å². The molecule has 84 valence electrons. The van der Waals surface area contributed by atoms with Crippen molar-refractivity contribution in [2.75, 3.05) is 19.1 Å². The first-order chi connectivity index (χ1) is 7.69. The van der Waals surface area contributed by atoms with E-state index in [0.29, 0.717) is 12.0 Å². The number of fused-ring (bicyclic) bond motifs is 1. The molecule has 1 aromatic carbocycles. The number of likely N-dealkylation sites (N-methyl/N-ethyl adjacent to an activating group) is 1. The maximum absolute atomic E-state index is 11.8. The fraction of sp³-hybridized carbons (Fsp3) is 0.333. The van der Waals surface area contributed by atoms with Gasteiger partial charge in [-0.3, -0.25) is 9.59 Å². The number of aldehydes is 1. The molecule has 16 heavy (non-hydrogen) atoms. The van der Waals surface area contributed by atoms with Crippen LogP contribution in [0.5, 0.6) is 0 Å². The summed E-state index contributed by atoms with van der Waals surface area (Å²) in [5.74, 6) is -0.0713. The summed E-state index contributed by atoms with van der Waals surface area (Å²) in [4.78, 5) is 24.3. The van der Waals surface area contributed by atoms with E-state index in [0.717, 1.165) is 17.5 Å². The molecule has 0 fully saturated rings. The molecule has 0 spiro atoms. The number of hydrogen-bond donors (Lipinski definition) is 0. The smallest absolute Gasteiger partial charge is 0.256 e. The molecule has 1 heterocycles. The van der Waals surface area contributed by atoms with Gasteiger partial charge in [0.15, 0.2) is 0 Å². The second kappa shape index (κ2) is 4.06. The first-order valence-electron chi connectivity index (χ1n) is 5.06. The highest BCUT2D eigenvalue weighted by Crippen LogP contribution is 2.29. The Labute approximate surface area is 93.8 Å². The molecule has 0 aliphatic carbocycles. The summed E-state index contributed by atoms with van der Waals surface area (Å²) in [6.07, 6.45) is 0.789. The van der Waals surface area contributed by atoms with Gasteiger partial charge in [-0.25, -0.2) is 0 Å². The Bertz CT molecular complexity index is 442. The first kappa shape index (κ1) is 10.8. The summed E-state index contributed by atoms with van der Waals surface area (Å²) in [6.45, 7) is 0. The van der Waals surface area contributed by atoms with Crippen LogP contribution in [-0.4, -0.2) is 32.5 Å². The van der Waals surface area contributed by atoms with Crippen LogP contribution in [0.1, 0.15) is 15.9 Å². The fourth-order valence-electron chi connectivity index (χ4n) is 2.03. The van der Waals surface area contributed by atoms with E-state index in [1.807, 2.05) is 6.07 Å². The minimum Gasteiger partial charge on any atom is -0.371 e. The third-order valence-electron chi connectivity index (χ3n) is 2.96. The monoisotopic (exact) mass is 219 g/mol. The number of carbonyl (C=O) groups is 2. The van der Waals surface area contributed by atoms with E-state index < -0.39 is 6.10 Å². The third-order valence-corrected chi connectivity index (χ3v) is 2.96. The maximum Gasteiger partial charge on any atom is 0.256 e. The SMILES string of the molecule is COC1Cc2c(C=O)cccc2N(C)C1=O. The largest absolute Gasteiger partial charge is 0.371 e. The second-order valence-corrected chi connectivity index (χ2v) is 3.79. The molecule has 0 bridgehead atoms. The van der Waals surface area contributed by atoms with Gasteiger partial charge in [-0.2, -0.15) is 0 Å². The van der Waals surface area contributed by atoms with Gasteiger partial charge in [0.25, 0.3) is 5.91 Å². The standard InChI is InChI=1S/C12H13NO3/c1-13-10-5-3-4-8(7-14)9(10)6-11(16-2)12(13)15/h3-5,7,11H,6H2,1-2H3. The Hall–Kier alpha value is -1.68. The van der Waals surface area contributed by atoms with Gasteiger partial charge in [-0.1, -0.05) is 12.1 Å². The Balaban J connectivity index is 2.53. The molecule has 2 rings (SSSR count). The van der Waals surface area contributed by atoms with Crippen LogP contribution in [0.2, 0.25) is 0 Å². The van der Waals surface area contributed by atoms with E-state index in [4.69, 9.17) is 4.74 Å². The van der Waals surface area contributed by atoms with Crippen LogP contribution in [0, 0.1) is 0 Å². The summed E-state index contributed by atoms with van der Waals surface area (Å²) in [5.41, 5.74) is 2.30. The second-order valence-electron chi connectivity index (χ2n) is 3.79. The third kappa shape index (κ3) is 1.51. The van der Waals surface area contributed by atoms with Gasteiger partial charge in [0.05, 0.1) is 0 Å². The lowest BCUT2D eigenvalue weighted by molar-refractivity contribution is -0.128. The number of nitrogens with zero attached hydrogens (tertiary/aromatic N) is 1. The lowest BCUT2D eigenvalue weighted by Crippen LogP contribution is -2.43. The van der Waals surface area contributed by atoms with Gasteiger partial charge < -0.3 is 9.64 Å². The van der Waals surface area contributed by atoms with Crippen molar-refractivity contribution >= 4 is 17.9 Å². The van der Waals surface area contributed by atoms with Gasteiger partial charge in [-0.15, -0.1) is 0 Å². The Morgan fingerprint density at radius 3 is 2.88 bits per heavy atom. The first-order valence-corrected chi connectivity index (χ1v) is 5.06. The van der Waals surface area contributed by atoms with E-state index in [-0.39, 0.29) is 5.91 Å². The summed E-state index contributed by atoms with van der Waals surface area (Å²) < 4.78 is 5.12. The molecule has 0 saturated heterocycles. The molecule has 1 aliphatic heterocycles. The van der Waals surface area contributed by atoms with Crippen molar-refractivity contribution < 1.29 is 14.3 Å². The lowest BCUT2D eigenvalue weighted by Gasteiger charge is -2.31. The molecular weight excluding hydrogens is 206 g/mol. The number of ether oxygens (including phenoxy) is 1. The number of anilines is 1. The molecule has 0 radical (unpaired) electrons. The van der Waals surface area contributed by atoms with Crippen LogP contribution < -0.4 is 4.90 Å². The molecule has 1 atom stereocenters. The van der Waals surface area contributed by atoms with E-state index in [1.54, 1.807) is 24.1 Å². The number of amides is 1. The van der Waals surface area contributed by atoms with E-state index >= 15 is 0 Å². The minimum atomic E-state index is -0.487.